The summed E-state index contributed by atoms with van der Waals surface area (Å²) >= 11 is 0. The van der Waals surface area contributed by atoms with E-state index in [4.69, 9.17) is 4.99 Å². The van der Waals surface area contributed by atoms with Crippen LogP contribution in [0.1, 0.15) is 53.4 Å². The van der Waals surface area contributed by atoms with E-state index in [0.29, 0.717) is 6.04 Å². The first-order chi connectivity index (χ1) is 11.6. The van der Waals surface area contributed by atoms with Gasteiger partial charge in [0.05, 0.1) is 6.54 Å². The van der Waals surface area contributed by atoms with Crippen LogP contribution in [0.2, 0.25) is 0 Å². The number of carbonyl (C=O) groups is 1. The van der Waals surface area contributed by atoms with Gasteiger partial charge in [-0.15, -0.1) is 24.0 Å². The first kappa shape index (κ1) is 24.4. The van der Waals surface area contributed by atoms with Gasteiger partial charge in [-0.25, -0.2) is 0 Å². The molecule has 1 atom stereocenters. The van der Waals surface area contributed by atoms with Gasteiger partial charge in [0.25, 0.3) is 0 Å². The van der Waals surface area contributed by atoms with Crippen molar-refractivity contribution >= 4 is 35.8 Å². The van der Waals surface area contributed by atoms with Crippen molar-refractivity contribution in [2.45, 2.75) is 59.4 Å². The van der Waals surface area contributed by atoms with Crippen LogP contribution in [0.25, 0.3) is 0 Å². The summed E-state index contributed by atoms with van der Waals surface area (Å²) in [6.45, 7) is 14.4. The average molecular weight is 467 g/mol. The van der Waals surface area contributed by atoms with Crippen LogP contribution in [0.3, 0.4) is 0 Å². The molecule has 25 heavy (non-hydrogen) atoms. The topological polar surface area (TPSA) is 60.0 Å². The molecule has 1 rings (SSSR count). The fourth-order valence-corrected chi connectivity index (χ4v) is 2.92. The molecule has 0 spiro atoms. The molecule has 1 aliphatic rings. The molecule has 1 saturated heterocycles. The van der Waals surface area contributed by atoms with E-state index in [1.165, 1.54) is 25.7 Å². The van der Waals surface area contributed by atoms with Gasteiger partial charge in [0.1, 0.15) is 0 Å². The van der Waals surface area contributed by atoms with Gasteiger partial charge < -0.3 is 15.5 Å². The number of hydrogen-bond acceptors (Lipinski definition) is 3. The predicted octanol–water partition coefficient (Wildman–Crippen LogP) is 2.29. The number of halogens is 1. The van der Waals surface area contributed by atoms with E-state index in [2.05, 4.69) is 36.3 Å². The SMILES string of the molecule is CCCCCC(C)NC(=NCCN1CCN(C(C)=O)CC1)NCC.I. The Morgan fingerprint density at radius 2 is 1.84 bits per heavy atom. The molecule has 0 aromatic rings. The zero-order chi connectivity index (χ0) is 17.8. The van der Waals surface area contributed by atoms with Crippen molar-refractivity contribution in [1.29, 1.82) is 0 Å². The lowest BCUT2D eigenvalue weighted by Gasteiger charge is -2.33. The quantitative estimate of drug-likeness (QED) is 0.237. The molecule has 0 saturated carbocycles. The number of piperazine rings is 1. The zero-order valence-electron chi connectivity index (χ0n) is 16.5. The maximum Gasteiger partial charge on any atom is 0.219 e. The van der Waals surface area contributed by atoms with Gasteiger partial charge in [-0.05, 0) is 20.3 Å². The van der Waals surface area contributed by atoms with E-state index in [1.807, 2.05) is 4.90 Å². The molecule has 0 aromatic heterocycles. The number of hydrogen-bond donors (Lipinski definition) is 2. The summed E-state index contributed by atoms with van der Waals surface area (Å²) in [4.78, 5) is 20.4. The van der Waals surface area contributed by atoms with E-state index in [1.54, 1.807) is 6.92 Å². The second-order valence-corrected chi connectivity index (χ2v) is 6.65. The minimum Gasteiger partial charge on any atom is -0.357 e. The summed E-state index contributed by atoms with van der Waals surface area (Å²) in [7, 11) is 0. The standard InChI is InChI=1S/C18H37N5O.HI/c1-5-7-8-9-16(3)21-18(19-6-2)20-10-11-22-12-14-23(15-13-22)17(4)24;/h16H,5-15H2,1-4H3,(H2,19,20,21);1H. The molecule has 148 valence electrons. The lowest BCUT2D eigenvalue weighted by atomic mass is 10.1. The number of unbranched alkanes of at least 4 members (excludes halogenated alkanes) is 2. The predicted molar refractivity (Wildman–Crippen MR) is 117 cm³/mol. The third kappa shape index (κ3) is 10.9. The Balaban J connectivity index is 0.00000576. The van der Waals surface area contributed by atoms with Crippen LogP contribution >= 0.6 is 24.0 Å². The molecule has 1 heterocycles. The van der Waals surface area contributed by atoms with Crippen molar-refractivity contribution < 1.29 is 4.79 Å². The van der Waals surface area contributed by atoms with Crippen LogP contribution in [0, 0.1) is 0 Å². The van der Waals surface area contributed by atoms with Gasteiger partial charge in [0.2, 0.25) is 5.91 Å². The lowest BCUT2D eigenvalue weighted by Crippen LogP contribution is -2.48. The molecule has 0 aliphatic carbocycles. The first-order valence-corrected chi connectivity index (χ1v) is 9.59. The Labute approximate surface area is 171 Å². The first-order valence-electron chi connectivity index (χ1n) is 9.59. The Bertz CT molecular complexity index is 384. The lowest BCUT2D eigenvalue weighted by molar-refractivity contribution is -0.130. The fraction of sp³-hybridized carbons (Fsp3) is 0.889. The molecule has 2 N–H and O–H groups in total. The average Bonchev–Trinajstić information content (AvgIpc) is 2.55. The van der Waals surface area contributed by atoms with Gasteiger partial charge >= 0.3 is 0 Å². The largest absolute Gasteiger partial charge is 0.357 e. The van der Waals surface area contributed by atoms with Crippen molar-refractivity contribution in [3.63, 3.8) is 0 Å². The third-order valence-corrected chi connectivity index (χ3v) is 4.47. The van der Waals surface area contributed by atoms with Crippen molar-refractivity contribution in [2.75, 3.05) is 45.8 Å². The number of carbonyl (C=O) groups excluding carboxylic acids is 1. The van der Waals surface area contributed by atoms with Crippen molar-refractivity contribution in [1.82, 2.24) is 20.4 Å². The van der Waals surface area contributed by atoms with E-state index in [9.17, 15) is 4.79 Å². The number of rotatable bonds is 9. The number of nitrogens with zero attached hydrogens (tertiary/aromatic N) is 3. The number of amides is 1. The smallest absolute Gasteiger partial charge is 0.219 e. The molecule has 1 unspecified atom stereocenters. The number of aliphatic imine (C=N–C) groups is 1. The summed E-state index contributed by atoms with van der Waals surface area (Å²) in [5.74, 6) is 1.10. The number of guanidine groups is 1. The van der Waals surface area contributed by atoms with Gasteiger partial charge in [0.15, 0.2) is 5.96 Å². The van der Waals surface area contributed by atoms with Crippen LogP contribution in [-0.2, 0) is 4.79 Å². The minimum atomic E-state index is 0. The highest BCUT2D eigenvalue weighted by atomic mass is 127. The highest BCUT2D eigenvalue weighted by Crippen LogP contribution is 2.03. The monoisotopic (exact) mass is 467 g/mol. The van der Waals surface area contributed by atoms with Crippen LogP contribution in [0.15, 0.2) is 4.99 Å². The minimum absolute atomic E-state index is 0. The van der Waals surface area contributed by atoms with Crippen LogP contribution < -0.4 is 10.6 Å². The molecule has 1 fully saturated rings. The summed E-state index contributed by atoms with van der Waals surface area (Å²) in [6.07, 6.45) is 5.01. The van der Waals surface area contributed by atoms with Crippen molar-refractivity contribution in [3.05, 3.63) is 0 Å². The van der Waals surface area contributed by atoms with Crippen molar-refractivity contribution in [2.24, 2.45) is 4.99 Å². The van der Waals surface area contributed by atoms with E-state index < -0.39 is 0 Å². The van der Waals surface area contributed by atoms with Gasteiger partial charge in [-0.1, -0.05) is 26.2 Å². The maximum absolute atomic E-state index is 11.3. The third-order valence-electron chi connectivity index (χ3n) is 4.47. The fourth-order valence-electron chi connectivity index (χ4n) is 2.92. The Morgan fingerprint density at radius 1 is 1.16 bits per heavy atom. The van der Waals surface area contributed by atoms with E-state index in [0.717, 1.165) is 51.8 Å². The molecular weight excluding hydrogens is 429 g/mol. The summed E-state index contributed by atoms with van der Waals surface area (Å²) in [5.41, 5.74) is 0. The highest BCUT2D eigenvalue weighted by Gasteiger charge is 2.17. The van der Waals surface area contributed by atoms with Crippen LogP contribution in [0.4, 0.5) is 0 Å². The molecule has 1 amide bonds. The van der Waals surface area contributed by atoms with Gasteiger partial charge in [0, 0.05) is 52.2 Å². The summed E-state index contributed by atoms with van der Waals surface area (Å²) < 4.78 is 0. The second-order valence-electron chi connectivity index (χ2n) is 6.65. The molecular formula is C18H38IN5O. The van der Waals surface area contributed by atoms with Gasteiger partial charge in [-0.2, -0.15) is 0 Å². The Morgan fingerprint density at radius 3 is 2.40 bits per heavy atom. The maximum atomic E-state index is 11.3. The second kappa shape index (κ2) is 14.6. The highest BCUT2D eigenvalue weighted by molar-refractivity contribution is 14.0. The number of nitrogens with one attached hydrogen (secondary N) is 2. The van der Waals surface area contributed by atoms with Crippen LogP contribution in [0.5, 0.6) is 0 Å². The van der Waals surface area contributed by atoms with E-state index >= 15 is 0 Å². The normalized spacial score (nSPS) is 17.0. The van der Waals surface area contributed by atoms with Crippen molar-refractivity contribution in [3.8, 4) is 0 Å². The van der Waals surface area contributed by atoms with Gasteiger partial charge in [-0.3, -0.25) is 14.7 Å². The molecule has 0 bridgehead atoms. The molecule has 0 aromatic carbocycles. The molecule has 1 aliphatic heterocycles. The Kier molecular flexibility index (Phi) is 14.3. The molecule has 0 radical (unpaired) electrons. The zero-order valence-corrected chi connectivity index (χ0v) is 18.8. The van der Waals surface area contributed by atoms with Crippen LogP contribution in [-0.4, -0.2) is 73.5 Å². The summed E-state index contributed by atoms with van der Waals surface area (Å²) in [6, 6.07) is 0.452. The Hall–Kier alpha value is -0.570. The van der Waals surface area contributed by atoms with E-state index in [-0.39, 0.29) is 29.9 Å². The molecule has 7 heteroatoms. The molecule has 6 nitrogen and oxygen atoms in total. The summed E-state index contributed by atoms with van der Waals surface area (Å²) in [5, 5.41) is 6.84.